The summed E-state index contributed by atoms with van der Waals surface area (Å²) in [5.41, 5.74) is 3.65. The highest BCUT2D eigenvalue weighted by molar-refractivity contribution is 7.43. The molecule has 0 saturated carbocycles. The highest BCUT2D eigenvalue weighted by atomic mass is 31.2. The molecule has 0 amide bonds. The molecule has 0 radical (unpaired) electrons. The highest BCUT2D eigenvalue weighted by Gasteiger charge is 2.24. The van der Waals surface area contributed by atoms with E-state index in [1.807, 2.05) is 36.4 Å². The van der Waals surface area contributed by atoms with E-state index in [0.29, 0.717) is 0 Å². The lowest BCUT2D eigenvalue weighted by Crippen LogP contribution is -2.12. The Labute approximate surface area is 207 Å². The fourth-order valence-electron chi connectivity index (χ4n) is 3.37. The van der Waals surface area contributed by atoms with Gasteiger partial charge in [0.2, 0.25) is 0 Å². The van der Waals surface area contributed by atoms with Gasteiger partial charge in [0.25, 0.3) is 0 Å². The number of hydrogen-bond acceptors (Lipinski definition) is 3. The Morgan fingerprint density at radius 2 is 0.706 bits per heavy atom. The molecule has 3 rings (SSSR count). The average molecular weight is 479 g/mol. The summed E-state index contributed by atoms with van der Waals surface area (Å²) in [5, 5.41) is 0. The quantitative estimate of drug-likeness (QED) is 0.330. The van der Waals surface area contributed by atoms with Gasteiger partial charge in [-0.15, -0.1) is 0 Å². The Morgan fingerprint density at radius 1 is 0.441 bits per heavy atom. The van der Waals surface area contributed by atoms with Gasteiger partial charge in [0.05, 0.1) is 0 Å². The van der Waals surface area contributed by atoms with Crippen LogP contribution in [-0.4, -0.2) is 0 Å². The summed E-state index contributed by atoms with van der Waals surface area (Å²) in [4.78, 5) is 0. The summed E-state index contributed by atoms with van der Waals surface area (Å²) in [6.07, 6.45) is 0. The zero-order valence-corrected chi connectivity index (χ0v) is 23.0. The van der Waals surface area contributed by atoms with Crippen LogP contribution in [0.1, 0.15) is 79.0 Å². The molecule has 34 heavy (non-hydrogen) atoms. The van der Waals surface area contributed by atoms with Gasteiger partial charge in [0, 0.05) is 0 Å². The Kier molecular flexibility index (Phi) is 7.68. The molecular formula is C30H39O3P. The van der Waals surface area contributed by atoms with E-state index in [0.717, 1.165) is 17.2 Å². The van der Waals surface area contributed by atoms with Gasteiger partial charge in [0.15, 0.2) is 0 Å². The monoisotopic (exact) mass is 478 g/mol. The number of hydrogen-bond donors (Lipinski definition) is 0. The maximum absolute atomic E-state index is 6.33. The third-order valence-electron chi connectivity index (χ3n) is 5.64. The van der Waals surface area contributed by atoms with Crippen molar-refractivity contribution in [2.45, 2.75) is 78.6 Å². The normalized spacial score (nSPS) is 12.5. The van der Waals surface area contributed by atoms with Gasteiger partial charge in [-0.3, -0.25) is 0 Å². The van der Waals surface area contributed by atoms with E-state index < -0.39 is 8.60 Å². The molecule has 182 valence electrons. The second-order valence-electron chi connectivity index (χ2n) is 11.8. The fraction of sp³-hybridized carbons (Fsp3) is 0.400. The summed E-state index contributed by atoms with van der Waals surface area (Å²) in [6, 6.07) is 24.5. The topological polar surface area (TPSA) is 27.7 Å². The van der Waals surface area contributed by atoms with E-state index in [1.165, 1.54) is 16.7 Å². The molecule has 0 aliphatic rings. The molecule has 0 unspecified atom stereocenters. The average Bonchev–Trinajstić information content (AvgIpc) is 2.72. The van der Waals surface area contributed by atoms with Crippen LogP contribution in [0.15, 0.2) is 72.8 Å². The molecule has 0 atom stereocenters. The molecular weight excluding hydrogens is 439 g/mol. The van der Waals surface area contributed by atoms with E-state index in [4.69, 9.17) is 13.6 Å². The summed E-state index contributed by atoms with van der Waals surface area (Å²) in [5.74, 6) is 2.20. The van der Waals surface area contributed by atoms with Crippen molar-refractivity contribution in [2.24, 2.45) is 0 Å². The summed E-state index contributed by atoms with van der Waals surface area (Å²) < 4.78 is 19.0. The van der Waals surface area contributed by atoms with Crippen molar-refractivity contribution in [3.8, 4) is 17.2 Å². The first-order valence-corrected chi connectivity index (χ1v) is 13.0. The summed E-state index contributed by atoms with van der Waals surface area (Å²) in [7, 11) is -1.73. The molecule has 3 aromatic carbocycles. The fourth-order valence-corrected chi connectivity index (χ4v) is 4.34. The molecule has 0 aliphatic carbocycles. The van der Waals surface area contributed by atoms with Gasteiger partial charge in [-0.25, -0.2) is 0 Å². The minimum absolute atomic E-state index is 0.0198. The van der Waals surface area contributed by atoms with Crippen LogP contribution in [-0.2, 0) is 16.2 Å². The molecule has 3 aromatic rings. The van der Waals surface area contributed by atoms with E-state index >= 15 is 0 Å². The number of rotatable bonds is 6. The van der Waals surface area contributed by atoms with E-state index in [-0.39, 0.29) is 16.2 Å². The van der Waals surface area contributed by atoms with Crippen LogP contribution >= 0.6 is 8.60 Å². The SMILES string of the molecule is CC(C)(C)c1cccc(OP(Oc2cccc(C(C)(C)C)c2)Oc2cccc(C(C)(C)C)c2)c1. The van der Waals surface area contributed by atoms with Crippen molar-refractivity contribution in [1.29, 1.82) is 0 Å². The van der Waals surface area contributed by atoms with Crippen molar-refractivity contribution in [1.82, 2.24) is 0 Å². The van der Waals surface area contributed by atoms with Gasteiger partial charge >= 0.3 is 8.60 Å². The first-order chi connectivity index (χ1) is 15.7. The maximum Gasteiger partial charge on any atom is 0.530 e. The molecule has 0 spiro atoms. The van der Waals surface area contributed by atoms with Crippen molar-refractivity contribution in [3.63, 3.8) is 0 Å². The van der Waals surface area contributed by atoms with Gasteiger partial charge in [0.1, 0.15) is 17.2 Å². The minimum Gasteiger partial charge on any atom is -0.408 e. The van der Waals surface area contributed by atoms with Crippen molar-refractivity contribution in [2.75, 3.05) is 0 Å². The molecule has 0 saturated heterocycles. The Balaban J connectivity index is 1.92. The van der Waals surface area contributed by atoms with Crippen LogP contribution in [0, 0.1) is 0 Å². The van der Waals surface area contributed by atoms with Crippen molar-refractivity contribution < 1.29 is 13.6 Å². The highest BCUT2D eigenvalue weighted by Crippen LogP contribution is 2.44. The largest absolute Gasteiger partial charge is 0.530 e. The smallest absolute Gasteiger partial charge is 0.408 e. The zero-order valence-electron chi connectivity index (χ0n) is 22.1. The minimum atomic E-state index is -1.73. The lowest BCUT2D eigenvalue weighted by Gasteiger charge is -2.24. The Hall–Kier alpha value is -2.51. The standard InChI is InChI=1S/C30H39O3P/c1-28(2,3)22-13-10-16-25(19-22)31-34(32-26-17-11-14-23(20-26)29(4,5)6)33-27-18-12-15-24(21-27)30(7,8)9/h10-21H,1-9H3. The Morgan fingerprint density at radius 3 is 0.941 bits per heavy atom. The van der Waals surface area contributed by atoms with Crippen LogP contribution in [0.3, 0.4) is 0 Å². The molecule has 0 heterocycles. The van der Waals surface area contributed by atoms with Crippen LogP contribution < -0.4 is 13.6 Å². The van der Waals surface area contributed by atoms with E-state index in [9.17, 15) is 0 Å². The maximum atomic E-state index is 6.33. The molecule has 3 nitrogen and oxygen atoms in total. The molecule has 0 N–H and O–H groups in total. The van der Waals surface area contributed by atoms with Crippen molar-refractivity contribution in [3.05, 3.63) is 89.5 Å². The van der Waals surface area contributed by atoms with Gasteiger partial charge in [-0.1, -0.05) is 98.7 Å². The van der Waals surface area contributed by atoms with E-state index in [2.05, 4.69) is 98.7 Å². The first kappa shape index (κ1) is 26.1. The van der Waals surface area contributed by atoms with Crippen molar-refractivity contribution >= 4 is 8.60 Å². The van der Waals surface area contributed by atoms with Crippen LogP contribution in [0.2, 0.25) is 0 Å². The molecule has 0 aromatic heterocycles. The molecule has 0 fully saturated rings. The second kappa shape index (κ2) is 10.0. The van der Waals surface area contributed by atoms with Crippen LogP contribution in [0.5, 0.6) is 17.2 Å². The Bertz CT molecular complexity index is 959. The molecule has 0 aliphatic heterocycles. The lowest BCUT2D eigenvalue weighted by molar-refractivity contribution is 0.386. The van der Waals surface area contributed by atoms with Gasteiger partial charge < -0.3 is 13.6 Å². The predicted molar refractivity (Wildman–Crippen MR) is 144 cm³/mol. The number of benzene rings is 3. The molecule has 0 bridgehead atoms. The second-order valence-corrected chi connectivity index (χ2v) is 12.8. The van der Waals surface area contributed by atoms with E-state index in [1.54, 1.807) is 0 Å². The lowest BCUT2D eigenvalue weighted by atomic mass is 9.87. The molecule has 4 heteroatoms. The van der Waals surface area contributed by atoms with Gasteiger partial charge in [-0.05, 0) is 69.3 Å². The summed E-state index contributed by atoms with van der Waals surface area (Å²) >= 11 is 0. The van der Waals surface area contributed by atoms with Crippen LogP contribution in [0.25, 0.3) is 0 Å². The third-order valence-corrected chi connectivity index (χ3v) is 6.72. The third kappa shape index (κ3) is 7.24. The first-order valence-electron chi connectivity index (χ1n) is 11.9. The summed E-state index contributed by atoms with van der Waals surface area (Å²) in [6.45, 7) is 19.7. The van der Waals surface area contributed by atoms with Crippen LogP contribution in [0.4, 0.5) is 0 Å². The van der Waals surface area contributed by atoms with Gasteiger partial charge in [-0.2, -0.15) is 0 Å². The predicted octanol–water partition coefficient (Wildman–Crippen LogP) is 9.34. The zero-order chi connectivity index (χ0) is 25.1.